The monoisotopic (exact) mass is 265 g/mol. The van der Waals surface area contributed by atoms with Gasteiger partial charge < -0.3 is 9.84 Å². The van der Waals surface area contributed by atoms with E-state index in [1.165, 1.54) is 7.11 Å². The van der Waals surface area contributed by atoms with Crippen LogP contribution in [0.1, 0.15) is 12.8 Å². The zero-order chi connectivity index (χ0) is 12.9. The molecule has 1 atom stereocenters. The van der Waals surface area contributed by atoms with Crippen LogP contribution in [0.15, 0.2) is 0 Å². The molecule has 1 unspecified atom stereocenters. The van der Waals surface area contributed by atoms with E-state index in [1.54, 1.807) is 4.90 Å². The first-order valence-electron chi connectivity index (χ1n) is 5.60. The van der Waals surface area contributed by atoms with Gasteiger partial charge in [-0.2, -0.15) is 0 Å². The minimum Gasteiger partial charge on any atom is -0.480 e. The van der Waals surface area contributed by atoms with Crippen molar-refractivity contribution in [3.63, 3.8) is 0 Å². The van der Waals surface area contributed by atoms with Gasteiger partial charge in [0.05, 0.1) is 24.7 Å². The first-order chi connectivity index (χ1) is 7.94. The second-order valence-corrected chi connectivity index (χ2v) is 6.50. The van der Waals surface area contributed by atoms with Gasteiger partial charge in [-0.3, -0.25) is 9.69 Å². The molecule has 17 heavy (non-hydrogen) atoms. The minimum atomic E-state index is -3.01. The van der Waals surface area contributed by atoms with Gasteiger partial charge in [-0.15, -0.1) is 0 Å². The summed E-state index contributed by atoms with van der Waals surface area (Å²) in [4.78, 5) is 12.4. The van der Waals surface area contributed by atoms with Gasteiger partial charge in [0, 0.05) is 19.7 Å². The molecule has 1 N–H and O–H groups in total. The molecule has 100 valence electrons. The summed E-state index contributed by atoms with van der Waals surface area (Å²) >= 11 is 0. The minimum absolute atomic E-state index is 0.0595. The molecule has 0 bridgehead atoms. The number of carboxylic acid groups (broad SMARTS) is 1. The molecule has 0 amide bonds. The van der Waals surface area contributed by atoms with Crippen LogP contribution in [0.2, 0.25) is 0 Å². The molecular weight excluding hydrogens is 246 g/mol. The molecule has 0 saturated carbocycles. The van der Waals surface area contributed by atoms with Crippen LogP contribution in [-0.4, -0.2) is 68.7 Å². The van der Waals surface area contributed by atoms with Crippen LogP contribution in [0, 0.1) is 0 Å². The van der Waals surface area contributed by atoms with Crippen molar-refractivity contribution in [1.29, 1.82) is 0 Å². The quantitative estimate of drug-likeness (QED) is 0.703. The SMILES string of the molecule is COCCN(CC(=O)O)C1CCCS(=O)(=O)C1. The summed E-state index contributed by atoms with van der Waals surface area (Å²) in [6.45, 7) is 0.719. The Morgan fingerprint density at radius 1 is 1.53 bits per heavy atom. The smallest absolute Gasteiger partial charge is 0.317 e. The summed E-state index contributed by atoms with van der Waals surface area (Å²) in [6.07, 6.45) is 1.34. The Morgan fingerprint density at radius 3 is 2.76 bits per heavy atom. The fourth-order valence-corrected chi connectivity index (χ4v) is 3.80. The van der Waals surface area contributed by atoms with Crippen LogP contribution < -0.4 is 0 Å². The van der Waals surface area contributed by atoms with E-state index in [4.69, 9.17) is 9.84 Å². The third kappa shape index (κ3) is 5.01. The van der Waals surface area contributed by atoms with Gasteiger partial charge in [0.1, 0.15) is 0 Å². The molecule has 1 rings (SSSR count). The van der Waals surface area contributed by atoms with Gasteiger partial charge in [-0.1, -0.05) is 0 Å². The Bertz CT molecular complexity index is 354. The Balaban J connectivity index is 2.64. The molecule has 0 radical (unpaired) electrons. The van der Waals surface area contributed by atoms with Gasteiger partial charge >= 0.3 is 5.97 Å². The summed E-state index contributed by atoms with van der Waals surface area (Å²) in [6, 6.07) is -0.194. The van der Waals surface area contributed by atoms with Gasteiger partial charge in [-0.25, -0.2) is 8.42 Å². The lowest BCUT2D eigenvalue weighted by atomic mass is 10.1. The molecule has 1 aliphatic rings. The highest BCUT2D eigenvalue weighted by atomic mass is 32.2. The lowest BCUT2D eigenvalue weighted by molar-refractivity contribution is -0.139. The van der Waals surface area contributed by atoms with E-state index in [0.717, 1.165) is 6.42 Å². The maximum absolute atomic E-state index is 11.5. The summed E-state index contributed by atoms with van der Waals surface area (Å²) in [5.74, 6) is -0.664. The van der Waals surface area contributed by atoms with Crippen molar-refractivity contribution < 1.29 is 23.1 Å². The maximum atomic E-state index is 11.5. The number of rotatable bonds is 6. The fourth-order valence-electron chi connectivity index (χ4n) is 2.06. The first-order valence-corrected chi connectivity index (χ1v) is 7.42. The van der Waals surface area contributed by atoms with Crippen LogP contribution in [0.5, 0.6) is 0 Å². The number of carboxylic acids is 1. The van der Waals surface area contributed by atoms with E-state index in [2.05, 4.69) is 0 Å². The summed E-state index contributed by atoms with van der Waals surface area (Å²) in [5, 5.41) is 8.81. The average molecular weight is 265 g/mol. The average Bonchev–Trinajstić information content (AvgIpc) is 2.22. The number of methoxy groups -OCH3 is 1. The molecule has 0 aromatic carbocycles. The number of ether oxygens (including phenoxy) is 1. The van der Waals surface area contributed by atoms with Crippen LogP contribution in [-0.2, 0) is 19.4 Å². The number of hydrogen-bond donors (Lipinski definition) is 1. The van der Waals surface area contributed by atoms with Crippen molar-refractivity contribution in [2.75, 3.05) is 38.3 Å². The predicted octanol–water partition coefficient (Wildman–Crippen LogP) is -0.403. The Hall–Kier alpha value is -0.660. The molecule has 0 spiro atoms. The summed E-state index contributed by atoms with van der Waals surface area (Å²) in [5.41, 5.74) is 0. The molecule has 7 heteroatoms. The third-order valence-corrected chi connectivity index (χ3v) is 4.68. The topological polar surface area (TPSA) is 83.9 Å². The zero-order valence-electron chi connectivity index (χ0n) is 9.96. The fraction of sp³-hybridized carbons (Fsp3) is 0.900. The Kier molecular flexibility index (Phi) is 5.35. The van der Waals surface area contributed by atoms with Crippen molar-refractivity contribution in [1.82, 2.24) is 4.90 Å². The molecule has 1 saturated heterocycles. The highest BCUT2D eigenvalue weighted by Gasteiger charge is 2.29. The second kappa shape index (κ2) is 6.32. The van der Waals surface area contributed by atoms with Crippen molar-refractivity contribution in [2.45, 2.75) is 18.9 Å². The first kappa shape index (κ1) is 14.4. The largest absolute Gasteiger partial charge is 0.480 e. The van der Waals surface area contributed by atoms with E-state index >= 15 is 0 Å². The normalized spacial score (nSPS) is 23.8. The number of sulfone groups is 1. The van der Waals surface area contributed by atoms with Gasteiger partial charge in [0.2, 0.25) is 0 Å². The predicted molar refractivity (Wildman–Crippen MR) is 62.8 cm³/mol. The Labute approximate surface area is 101 Å². The lowest BCUT2D eigenvalue weighted by Gasteiger charge is -2.32. The second-order valence-electron chi connectivity index (χ2n) is 4.27. The van der Waals surface area contributed by atoms with Gasteiger partial charge in [0.15, 0.2) is 9.84 Å². The molecular formula is C10H19NO5S. The van der Waals surface area contributed by atoms with Crippen molar-refractivity contribution in [2.24, 2.45) is 0 Å². The van der Waals surface area contributed by atoms with E-state index in [0.29, 0.717) is 19.6 Å². The number of carbonyl (C=O) groups is 1. The van der Waals surface area contributed by atoms with Crippen LogP contribution in [0.4, 0.5) is 0 Å². The Morgan fingerprint density at radius 2 is 2.24 bits per heavy atom. The van der Waals surface area contributed by atoms with Crippen molar-refractivity contribution >= 4 is 15.8 Å². The standard InChI is InChI=1S/C10H19NO5S/c1-16-5-4-11(7-10(12)13)9-3-2-6-17(14,15)8-9/h9H,2-8H2,1H3,(H,12,13). The lowest BCUT2D eigenvalue weighted by Crippen LogP contribution is -2.47. The van der Waals surface area contributed by atoms with E-state index < -0.39 is 15.8 Å². The van der Waals surface area contributed by atoms with Gasteiger partial charge in [0.25, 0.3) is 0 Å². The molecule has 0 aliphatic carbocycles. The van der Waals surface area contributed by atoms with Crippen molar-refractivity contribution in [3.8, 4) is 0 Å². The van der Waals surface area contributed by atoms with Crippen LogP contribution in [0.25, 0.3) is 0 Å². The van der Waals surface area contributed by atoms with E-state index in [1.807, 2.05) is 0 Å². The van der Waals surface area contributed by atoms with Gasteiger partial charge in [-0.05, 0) is 12.8 Å². The molecule has 1 aliphatic heterocycles. The maximum Gasteiger partial charge on any atom is 0.317 e. The number of hydrogen-bond acceptors (Lipinski definition) is 5. The molecule has 1 heterocycles. The molecule has 6 nitrogen and oxygen atoms in total. The number of nitrogens with zero attached hydrogens (tertiary/aromatic N) is 1. The number of aliphatic carboxylic acids is 1. The van der Waals surface area contributed by atoms with Crippen LogP contribution in [0.3, 0.4) is 0 Å². The highest BCUT2D eigenvalue weighted by Crippen LogP contribution is 2.17. The molecule has 0 aromatic rings. The van der Waals surface area contributed by atoms with E-state index in [-0.39, 0.29) is 24.1 Å². The summed E-state index contributed by atoms with van der Waals surface area (Å²) in [7, 11) is -1.47. The molecule has 1 fully saturated rings. The van der Waals surface area contributed by atoms with E-state index in [9.17, 15) is 13.2 Å². The molecule has 0 aromatic heterocycles. The highest BCUT2D eigenvalue weighted by molar-refractivity contribution is 7.91. The summed E-state index contributed by atoms with van der Waals surface area (Å²) < 4.78 is 28.0. The van der Waals surface area contributed by atoms with Crippen molar-refractivity contribution in [3.05, 3.63) is 0 Å². The zero-order valence-corrected chi connectivity index (χ0v) is 10.8. The van der Waals surface area contributed by atoms with Crippen LogP contribution >= 0.6 is 0 Å². The third-order valence-electron chi connectivity index (χ3n) is 2.88.